The van der Waals surface area contributed by atoms with Crippen molar-refractivity contribution < 1.29 is 19.5 Å². The molecule has 3 rings (SSSR count). The number of anilines is 1. The molecule has 2 fully saturated rings. The van der Waals surface area contributed by atoms with E-state index in [1.165, 1.54) is 0 Å². The van der Waals surface area contributed by atoms with E-state index in [4.69, 9.17) is 5.11 Å². The number of carbonyl (C=O) groups is 3. The van der Waals surface area contributed by atoms with E-state index >= 15 is 0 Å². The summed E-state index contributed by atoms with van der Waals surface area (Å²) >= 11 is 1.56. The van der Waals surface area contributed by atoms with Crippen LogP contribution in [0.2, 0.25) is 0 Å². The van der Waals surface area contributed by atoms with Crippen molar-refractivity contribution in [1.82, 2.24) is 4.90 Å². The summed E-state index contributed by atoms with van der Waals surface area (Å²) < 4.78 is 0. The highest BCUT2D eigenvalue weighted by atomic mass is 32.2. The fraction of sp³-hybridized carbons (Fsp3) is 0.526. The summed E-state index contributed by atoms with van der Waals surface area (Å²) in [6.45, 7) is 3.94. The lowest BCUT2D eigenvalue weighted by Gasteiger charge is -2.26. The number of aryl methyl sites for hydroxylation is 2. The summed E-state index contributed by atoms with van der Waals surface area (Å²) in [4.78, 5) is 38.3. The Morgan fingerprint density at radius 1 is 1.19 bits per heavy atom. The van der Waals surface area contributed by atoms with E-state index in [-0.39, 0.29) is 17.7 Å². The third-order valence-corrected chi connectivity index (χ3v) is 6.25. The average molecular weight is 376 g/mol. The third-order valence-electron chi connectivity index (χ3n) is 5.24. The molecule has 2 N–H and O–H groups in total. The number of carboxylic acid groups (broad SMARTS) is 1. The Bertz CT molecular complexity index is 736. The maximum atomic E-state index is 12.8. The molecule has 1 unspecified atom stereocenters. The fourth-order valence-corrected chi connectivity index (χ4v) is 4.88. The van der Waals surface area contributed by atoms with Gasteiger partial charge in [-0.2, -0.15) is 0 Å². The van der Waals surface area contributed by atoms with E-state index in [9.17, 15) is 14.4 Å². The van der Waals surface area contributed by atoms with Crippen LogP contribution in [0.1, 0.15) is 30.4 Å². The van der Waals surface area contributed by atoms with Gasteiger partial charge in [-0.15, -0.1) is 11.8 Å². The van der Waals surface area contributed by atoms with Crippen molar-refractivity contribution in [2.24, 2.45) is 11.8 Å². The van der Waals surface area contributed by atoms with Gasteiger partial charge in [-0.1, -0.05) is 17.7 Å². The Labute approximate surface area is 157 Å². The van der Waals surface area contributed by atoms with Gasteiger partial charge in [-0.3, -0.25) is 14.4 Å². The molecule has 1 saturated heterocycles. The number of benzene rings is 1. The summed E-state index contributed by atoms with van der Waals surface area (Å²) in [5.74, 6) is -0.772. The van der Waals surface area contributed by atoms with Crippen LogP contribution in [0.4, 0.5) is 5.69 Å². The second-order valence-electron chi connectivity index (χ2n) is 7.18. The van der Waals surface area contributed by atoms with Crippen molar-refractivity contribution in [3.05, 3.63) is 29.3 Å². The van der Waals surface area contributed by atoms with Gasteiger partial charge in [-0.25, -0.2) is 0 Å². The first-order valence-corrected chi connectivity index (χ1v) is 10.0. The van der Waals surface area contributed by atoms with Gasteiger partial charge in [-0.05, 0) is 44.7 Å². The smallest absolute Gasteiger partial charge is 0.306 e. The molecule has 1 aromatic rings. The maximum absolute atomic E-state index is 12.8. The molecule has 3 atom stereocenters. The first-order chi connectivity index (χ1) is 12.4. The Morgan fingerprint density at radius 2 is 1.92 bits per heavy atom. The quantitative estimate of drug-likeness (QED) is 0.844. The summed E-state index contributed by atoms with van der Waals surface area (Å²) in [6, 6.07) is 5.33. The number of amides is 2. The predicted molar refractivity (Wildman–Crippen MR) is 101 cm³/mol. The second kappa shape index (κ2) is 7.70. The van der Waals surface area contributed by atoms with Crippen molar-refractivity contribution in [2.45, 2.75) is 39.2 Å². The highest BCUT2D eigenvalue weighted by molar-refractivity contribution is 7.99. The van der Waals surface area contributed by atoms with Crippen LogP contribution < -0.4 is 5.32 Å². The van der Waals surface area contributed by atoms with Gasteiger partial charge in [0, 0.05) is 17.4 Å². The number of rotatable bonds is 4. The lowest BCUT2D eigenvalue weighted by atomic mass is 10.0. The van der Waals surface area contributed by atoms with Gasteiger partial charge in [0.05, 0.1) is 11.8 Å². The van der Waals surface area contributed by atoms with Gasteiger partial charge in [0.1, 0.15) is 6.04 Å². The molecule has 1 heterocycles. The molecule has 1 aromatic carbocycles. The molecule has 1 saturated carbocycles. The Hall–Kier alpha value is -2.02. The van der Waals surface area contributed by atoms with E-state index < -0.39 is 17.9 Å². The van der Waals surface area contributed by atoms with Crippen LogP contribution in [0.15, 0.2) is 18.2 Å². The molecule has 6 nitrogen and oxygen atoms in total. The van der Waals surface area contributed by atoms with Crippen molar-refractivity contribution in [3.63, 3.8) is 0 Å². The van der Waals surface area contributed by atoms with Gasteiger partial charge in [0.25, 0.3) is 0 Å². The summed E-state index contributed by atoms with van der Waals surface area (Å²) in [5, 5.41) is 12.1. The normalized spacial score (nSPS) is 25.3. The molecule has 7 heteroatoms. The predicted octanol–water partition coefficient (Wildman–Crippen LogP) is 2.64. The molecular formula is C19H24N2O4S. The van der Waals surface area contributed by atoms with Crippen molar-refractivity contribution in [3.8, 4) is 0 Å². The molecule has 1 aliphatic carbocycles. The van der Waals surface area contributed by atoms with Gasteiger partial charge < -0.3 is 15.3 Å². The zero-order chi connectivity index (χ0) is 18.8. The second-order valence-corrected chi connectivity index (χ2v) is 8.18. The molecule has 0 radical (unpaired) electrons. The summed E-state index contributed by atoms with van der Waals surface area (Å²) in [5.41, 5.74) is 2.88. The molecule has 0 aromatic heterocycles. The zero-order valence-corrected chi connectivity index (χ0v) is 15.8. The van der Waals surface area contributed by atoms with Crippen LogP contribution in [0.3, 0.4) is 0 Å². The molecule has 1 aliphatic heterocycles. The van der Waals surface area contributed by atoms with Gasteiger partial charge in [0.2, 0.25) is 11.8 Å². The summed E-state index contributed by atoms with van der Waals surface area (Å²) in [7, 11) is 0. The van der Waals surface area contributed by atoms with Crippen molar-refractivity contribution >= 4 is 35.2 Å². The fourth-order valence-electron chi connectivity index (χ4n) is 3.71. The minimum Gasteiger partial charge on any atom is -0.481 e. The van der Waals surface area contributed by atoms with E-state index in [2.05, 4.69) is 5.32 Å². The monoisotopic (exact) mass is 376 g/mol. The number of thioether (sulfide) groups is 1. The molecule has 2 aliphatic rings. The van der Waals surface area contributed by atoms with Crippen molar-refractivity contribution in [2.75, 3.05) is 16.9 Å². The van der Waals surface area contributed by atoms with Crippen LogP contribution in [0.5, 0.6) is 0 Å². The number of hydrogen-bond donors (Lipinski definition) is 2. The number of nitrogens with zero attached hydrogens (tertiary/aromatic N) is 1. The van der Waals surface area contributed by atoms with E-state index in [0.717, 1.165) is 16.8 Å². The number of hydrogen-bond acceptors (Lipinski definition) is 4. The minimum atomic E-state index is -0.833. The topological polar surface area (TPSA) is 86.7 Å². The lowest BCUT2D eigenvalue weighted by Crippen LogP contribution is -2.46. The molecular weight excluding hydrogens is 352 g/mol. The highest BCUT2D eigenvalue weighted by Gasteiger charge is 2.41. The third kappa shape index (κ3) is 3.87. The first-order valence-electron chi connectivity index (χ1n) is 8.86. The van der Waals surface area contributed by atoms with Crippen LogP contribution in [0.25, 0.3) is 0 Å². The number of nitrogens with one attached hydrogen (secondary N) is 1. The first kappa shape index (κ1) is 18.8. The molecule has 0 spiro atoms. The van der Waals surface area contributed by atoms with E-state index in [1.54, 1.807) is 16.7 Å². The molecule has 140 valence electrons. The maximum Gasteiger partial charge on any atom is 0.306 e. The van der Waals surface area contributed by atoms with Crippen LogP contribution >= 0.6 is 11.8 Å². The Balaban J connectivity index is 1.66. The Kier molecular flexibility index (Phi) is 5.55. The average Bonchev–Trinajstić information content (AvgIpc) is 3.26. The number of aliphatic carboxylic acids is 1. The van der Waals surface area contributed by atoms with E-state index in [0.29, 0.717) is 30.9 Å². The molecule has 0 bridgehead atoms. The molecule has 2 amide bonds. The zero-order valence-electron chi connectivity index (χ0n) is 15.0. The highest BCUT2D eigenvalue weighted by Crippen LogP contribution is 2.35. The standard InChI is InChI=1S/C19H24N2O4S/c1-11-3-6-15(12(2)7-11)20-17(22)16-9-26-10-21(16)18(23)13-4-5-14(8-13)19(24)25/h3,6-7,13-14,16H,4-5,8-10H2,1-2H3,(H,20,22)(H,24,25)/t13-,14+,16?/m1/s1. The number of carbonyl (C=O) groups excluding carboxylic acids is 2. The SMILES string of the molecule is Cc1ccc(NC(=O)C2CSCN2C(=O)[C@@H]2CC[C@H](C(=O)O)C2)c(C)c1. The minimum absolute atomic E-state index is 0.0838. The van der Waals surface area contributed by atoms with Crippen molar-refractivity contribution in [1.29, 1.82) is 0 Å². The van der Waals surface area contributed by atoms with Crippen LogP contribution in [0, 0.1) is 25.7 Å². The number of carboxylic acids is 1. The van der Waals surface area contributed by atoms with Gasteiger partial charge >= 0.3 is 5.97 Å². The van der Waals surface area contributed by atoms with Crippen LogP contribution in [-0.4, -0.2) is 45.5 Å². The largest absolute Gasteiger partial charge is 0.481 e. The van der Waals surface area contributed by atoms with Crippen LogP contribution in [-0.2, 0) is 14.4 Å². The molecule has 26 heavy (non-hydrogen) atoms. The van der Waals surface area contributed by atoms with Gasteiger partial charge in [0.15, 0.2) is 0 Å². The lowest BCUT2D eigenvalue weighted by molar-refractivity contribution is -0.142. The van der Waals surface area contributed by atoms with E-state index in [1.807, 2.05) is 32.0 Å². The summed E-state index contributed by atoms with van der Waals surface area (Å²) in [6.07, 6.45) is 1.50. The Morgan fingerprint density at radius 3 is 2.58 bits per heavy atom.